The van der Waals surface area contributed by atoms with Gasteiger partial charge in [-0.25, -0.2) is 12.7 Å². The Hall–Kier alpha value is -0.430. The standard InChI is InChI=1S/C10H16N2O2S2/c1-12(2)16(13,14)10-5-9(15-7-10)6-11-8-3-4-8/h5,7-8,11H,3-4,6H2,1-2H3. The van der Waals surface area contributed by atoms with Gasteiger partial charge in [0.25, 0.3) is 0 Å². The van der Waals surface area contributed by atoms with Crippen LogP contribution in [0.1, 0.15) is 17.7 Å². The van der Waals surface area contributed by atoms with E-state index in [0.717, 1.165) is 11.4 Å². The van der Waals surface area contributed by atoms with Crippen LogP contribution in [0.3, 0.4) is 0 Å². The second-order valence-electron chi connectivity index (χ2n) is 4.19. The van der Waals surface area contributed by atoms with Gasteiger partial charge in [-0.2, -0.15) is 0 Å². The first-order chi connectivity index (χ1) is 7.50. The molecule has 1 fully saturated rings. The predicted octanol–water partition coefficient (Wildman–Crippen LogP) is 1.25. The molecule has 1 aromatic rings. The van der Waals surface area contributed by atoms with Crippen molar-refractivity contribution >= 4 is 21.4 Å². The van der Waals surface area contributed by atoms with Crippen LogP contribution in [0.25, 0.3) is 0 Å². The molecule has 6 heteroatoms. The average molecular weight is 260 g/mol. The van der Waals surface area contributed by atoms with Gasteiger partial charge in [-0.15, -0.1) is 11.3 Å². The lowest BCUT2D eigenvalue weighted by Crippen LogP contribution is -2.21. The highest BCUT2D eigenvalue weighted by Crippen LogP contribution is 2.23. The molecule has 0 saturated heterocycles. The molecule has 90 valence electrons. The molecule has 0 radical (unpaired) electrons. The van der Waals surface area contributed by atoms with Crippen LogP contribution in [0.4, 0.5) is 0 Å². The van der Waals surface area contributed by atoms with Crippen molar-refractivity contribution in [2.45, 2.75) is 30.3 Å². The summed E-state index contributed by atoms with van der Waals surface area (Å²) in [5, 5.41) is 5.08. The van der Waals surface area contributed by atoms with E-state index in [-0.39, 0.29) is 0 Å². The van der Waals surface area contributed by atoms with E-state index in [4.69, 9.17) is 0 Å². The fourth-order valence-electron chi connectivity index (χ4n) is 1.33. The third-order valence-corrected chi connectivity index (χ3v) is 5.43. The van der Waals surface area contributed by atoms with Gasteiger partial charge in [-0.3, -0.25) is 0 Å². The Balaban J connectivity index is 2.06. The van der Waals surface area contributed by atoms with Crippen LogP contribution in [-0.4, -0.2) is 32.9 Å². The zero-order valence-corrected chi connectivity index (χ0v) is 11.1. The smallest absolute Gasteiger partial charge is 0.243 e. The molecule has 16 heavy (non-hydrogen) atoms. The molecule has 0 amide bonds. The van der Waals surface area contributed by atoms with Crippen molar-refractivity contribution < 1.29 is 8.42 Å². The van der Waals surface area contributed by atoms with Crippen molar-refractivity contribution in [3.05, 3.63) is 16.3 Å². The van der Waals surface area contributed by atoms with E-state index < -0.39 is 10.0 Å². The number of nitrogens with zero attached hydrogens (tertiary/aromatic N) is 1. The average Bonchev–Trinajstić information content (AvgIpc) is 2.92. The summed E-state index contributed by atoms with van der Waals surface area (Å²) >= 11 is 1.50. The summed E-state index contributed by atoms with van der Waals surface area (Å²) in [5.41, 5.74) is 0. The monoisotopic (exact) mass is 260 g/mol. The molecule has 2 rings (SSSR count). The Morgan fingerprint density at radius 2 is 2.19 bits per heavy atom. The van der Waals surface area contributed by atoms with E-state index in [9.17, 15) is 8.42 Å². The van der Waals surface area contributed by atoms with Crippen molar-refractivity contribution in [1.29, 1.82) is 0 Å². The van der Waals surface area contributed by atoms with Crippen LogP contribution in [-0.2, 0) is 16.6 Å². The van der Waals surface area contributed by atoms with E-state index in [1.54, 1.807) is 25.5 Å². The van der Waals surface area contributed by atoms with Crippen LogP contribution >= 0.6 is 11.3 Å². The van der Waals surface area contributed by atoms with E-state index in [2.05, 4.69) is 5.32 Å². The maximum atomic E-state index is 11.8. The lowest BCUT2D eigenvalue weighted by Gasteiger charge is -2.08. The molecule has 1 N–H and O–H groups in total. The highest BCUT2D eigenvalue weighted by atomic mass is 32.2. The minimum atomic E-state index is -3.26. The normalized spacial score (nSPS) is 16.9. The van der Waals surface area contributed by atoms with Crippen molar-refractivity contribution in [3.8, 4) is 0 Å². The van der Waals surface area contributed by atoms with Crippen molar-refractivity contribution in [3.63, 3.8) is 0 Å². The van der Waals surface area contributed by atoms with Crippen molar-refractivity contribution in [2.24, 2.45) is 0 Å². The zero-order chi connectivity index (χ0) is 11.8. The Labute approximate surface area is 100 Å². The van der Waals surface area contributed by atoms with Crippen LogP contribution in [0.5, 0.6) is 0 Å². The second kappa shape index (κ2) is 4.44. The minimum absolute atomic E-state index is 0.398. The van der Waals surface area contributed by atoms with Gasteiger partial charge in [-0.1, -0.05) is 0 Å². The van der Waals surface area contributed by atoms with E-state index >= 15 is 0 Å². The molecule has 0 aromatic carbocycles. The molecule has 0 bridgehead atoms. The van der Waals surface area contributed by atoms with Gasteiger partial charge in [0.15, 0.2) is 0 Å². The SMILES string of the molecule is CN(C)S(=O)(=O)c1csc(CNC2CC2)c1. The Kier molecular flexibility index (Phi) is 3.34. The number of thiophene rings is 1. The number of hydrogen-bond donors (Lipinski definition) is 1. The molecule has 1 aromatic heterocycles. The summed E-state index contributed by atoms with van der Waals surface area (Å²) in [4.78, 5) is 1.47. The van der Waals surface area contributed by atoms with Gasteiger partial charge >= 0.3 is 0 Å². The Morgan fingerprint density at radius 3 is 2.75 bits per heavy atom. The van der Waals surface area contributed by atoms with Gasteiger partial charge in [-0.05, 0) is 18.9 Å². The molecule has 0 aliphatic heterocycles. The Bertz CT molecular complexity index is 461. The maximum Gasteiger partial charge on any atom is 0.243 e. The van der Waals surface area contributed by atoms with Crippen LogP contribution in [0.2, 0.25) is 0 Å². The zero-order valence-electron chi connectivity index (χ0n) is 9.43. The molecule has 4 nitrogen and oxygen atoms in total. The summed E-state index contributed by atoms with van der Waals surface area (Å²) in [6.07, 6.45) is 2.49. The van der Waals surface area contributed by atoms with Gasteiger partial charge < -0.3 is 5.32 Å². The first-order valence-electron chi connectivity index (χ1n) is 5.23. The minimum Gasteiger partial charge on any atom is -0.309 e. The fourth-order valence-corrected chi connectivity index (χ4v) is 3.45. The summed E-state index contributed by atoms with van der Waals surface area (Å²) in [5.74, 6) is 0. The first kappa shape index (κ1) is 12.0. The highest BCUT2D eigenvalue weighted by Gasteiger charge is 2.22. The summed E-state index contributed by atoms with van der Waals surface area (Å²) in [6, 6.07) is 2.41. The van der Waals surface area contributed by atoms with Gasteiger partial charge in [0, 0.05) is 36.9 Å². The number of hydrogen-bond acceptors (Lipinski definition) is 4. The van der Waals surface area contributed by atoms with Crippen LogP contribution in [0.15, 0.2) is 16.3 Å². The predicted molar refractivity (Wildman–Crippen MR) is 65.1 cm³/mol. The Morgan fingerprint density at radius 1 is 1.50 bits per heavy atom. The van der Waals surface area contributed by atoms with E-state index in [1.165, 1.54) is 28.5 Å². The molecular weight excluding hydrogens is 244 g/mol. The summed E-state index contributed by atoms with van der Waals surface area (Å²) in [6.45, 7) is 0.776. The topological polar surface area (TPSA) is 49.4 Å². The molecule has 1 saturated carbocycles. The molecule has 0 spiro atoms. The van der Waals surface area contributed by atoms with Crippen molar-refractivity contribution in [2.75, 3.05) is 14.1 Å². The lowest BCUT2D eigenvalue weighted by atomic mass is 10.4. The number of nitrogens with one attached hydrogen (secondary N) is 1. The lowest BCUT2D eigenvalue weighted by molar-refractivity contribution is 0.521. The molecule has 0 unspecified atom stereocenters. The summed E-state index contributed by atoms with van der Waals surface area (Å²) in [7, 11) is -0.162. The summed E-state index contributed by atoms with van der Waals surface area (Å²) < 4.78 is 24.9. The first-order valence-corrected chi connectivity index (χ1v) is 7.55. The fraction of sp³-hybridized carbons (Fsp3) is 0.600. The molecular formula is C10H16N2O2S2. The maximum absolute atomic E-state index is 11.8. The quantitative estimate of drug-likeness (QED) is 0.867. The van der Waals surface area contributed by atoms with Crippen molar-refractivity contribution in [1.82, 2.24) is 9.62 Å². The highest BCUT2D eigenvalue weighted by molar-refractivity contribution is 7.89. The third-order valence-electron chi connectivity index (χ3n) is 2.55. The third kappa shape index (κ3) is 2.63. The molecule has 1 aliphatic rings. The molecule has 0 atom stereocenters. The molecule has 1 heterocycles. The largest absolute Gasteiger partial charge is 0.309 e. The molecule has 1 aliphatic carbocycles. The van der Waals surface area contributed by atoms with Gasteiger partial charge in [0.1, 0.15) is 0 Å². The van der Waals surface area contributed by atoms with E-state index in [1.807, 2.05) is 0 Å². The van der Waals surface area contributed by atoms with Crippen LogP contribution in [0, 0.1) is 0 Å². The van der Waals surface area contributed by atoms with Gasteiger partial charge in [0.05, 0.1) is 4.90 Å². The second-order valence-corrected chi connectivity index (χ2v) is 7.34. The van der Waals surface area contributed by atoms with Gasteiger partial charge in [0.2, 0.25) is 10.0 Å². The number of rotatable bonds is 5. The number of sulfonamides is 1. The van der Waals surface area contributed by atoms with Crippen LogP contribution < -0.4 is 5.32 Å². The van der Waals surface area contributed by atoms with E-state index in [0.29, 0.717) is 10.9 Å².